The van der Waals surface area contributed by atoms with Gasteiger partial charge in [-0.15, -0.1) is 0 Å². The molecule has 26 heavy (non-hydrogen) atoms. The van der Waals surface area contributed by atoms with E-state index in [-0.39, 0.29) is 29.6 Å². The average molecular weight is 358 g/mol. The van der Waals surface area contributed by atoms with Crippen LogP contribution in [-0.2, 0) is 6.54 Å². The molecule has 6 nitrogen and oxygen atoms in total. The van der Waals surface area contributed by atoms with E-state index in [0.717, 1.165) is 0 Å². The van der Waals surface area contributed by atoms with Gasteiger partial charge in [0.2, 0.25) is 11.7 Å². The monoisotopic (exact) mass is 358 g/mol. The van der Waals surface area contributed by atoms with Crippen molar-refractivity contribution < 1.29 is 18.3 Å². The second kappa shape index (κ2) is 7.30. The second-order valence-corrected chi connectivity index (χ2v) is 5.67. The largest absolute Gasteiger partial charge is 0.435 e. The maximum atomic E-state index is 14.0. The highest BCUT2D eigenvalue weighted by Gasteiger charge is 2.16. The van der Waals surface area contributed by atoms with E-state index in [1.54, 1.807) is 19.1 Å². The Hall–Kier alpha value is -3.29. The molecule has 0 unspecified atom stereocenters. The lowest BCUT2D eigenvalue weighted by Gasteiger charge is -2.12. The molecule has 134 valence electrons. The van der Waals surface area contributed by atoms with Crippen LogP contribution in [0.2, 0.25) is 0 Å². The zero-order valence-corrected chi connectivity index (χ0v) is 14.1. The summed E-state index contributed by atoms with van der Waals surface area (Å²) < 4.78 is 33.1. The lowest BCUT2D eigenvalue weighted by Crippen LogP contribution is -2.23. The maximum absolute atomic E-state index is 14.0. The summed E-state index contributed by atoms with van der Waals surface area (Å²) in [6.07, 6.45) is 2.89. The number of carbonyl (C=O) groups is 1. The van der Waals surface area contributed by atoms with Crippen molar-refractivity contribution in [2.75, 3.05) is 0 Å². The number of ether oxygens (including phenoxy) is 1. The molecule has 0 radical (unpaired) electrons. The number of nitrogens with zero attached hydrogens (tertiary/aromatic N) is 2. The molecule has 0 saturated heterocycles. The molecule has 0 aliphatic heterocycles. The number of aryl methyl sites for hydroxylation is 2. The van der Waals surface area contributed by atoms with E-state index in [1.165, 1.54) is 31.5 Å². The Kier molecular flexibility index (Phi) is 4.92. The van der Waals surface area contributed by atoms with Gasteiger partial charge < -0.3 is 10.1 Å². The molecule has 0 saturated carbocycles. The topological polar surface area (TPSA) is 79.9 Å². The van der Waals surface area contributed by atoms with Gasteiger partial charge in [-0.1, -0.05) is 12.1 Å². The number of H-pyrrole nitrogens is 1. The van der Waals surface area contributed by atoms with Crippen molar-refractivity contribution in [2.24, 2.45) is 0 Å². The van der Waals surface area contributed by atoms with Crippen LogP contribution in [0.1, 0.15) is 27.2 Å². The van der Waals surface area contributed by atoms with Crippen LogP contribution in [0, 0.1) is 25.5 Å². The zero-order chi connectivity index (χ0) is 18.7. The summed E-state index contributed by atoms with van der Waals surface area (Å²) >= 11 is 0. The molecule has 1 aromatic carbocycles. The van der Waals surface area contributed by atoms with E-state index in [2.05, 4.69) is 20.5 Å². The molecule has 8 heteroatoms. The summed E-state index contributed by atoms with van der Waals surface area (Å²) in [5.74, 6) is -2.56. The van der Waals surface area contributed by atoms with Gasteiger partial charge in [-0.3, -0.25) is 9.89 Å². The summed E-state index contributed by atoms with van der Waals surface area (Å²) in [4.78, 5) is 16.2. The number of amides is 1. The van der Waals surface area contributed by atoms with Crippen LogP contribution in [0.25, 0.3) is 0 Å². The van der Waals surface area contributed by atoms with Crippen LogP contribution < -0.4 is 10.1 Å². The lowest BCUT2D eigenvalue weighted by molar-refractivity contribution is 0.0950. The van der Waals surface area contributed by atoms with E-state index in [0.29, 0.717) is 16.8 Å². The Bertz CT molecular complexity index is 956. The summed E-state index contributed by atoms with van der Waals surface area (Å²) in [5, 5.41) is 9.20. The molecule has 1 amide bonds. The number of hydrogen-bond donors (Lipinski definition) is 2. The fraction of sp³-hybridized carbons (Fsp3) is 0.167. The average Bonchev–Trinajstić information content (AvgIpc) is 3.07. The zero-order valence-electron chi connectivity index (χ0n) is 14.1. The summed E-state index contributed by atoms with van der Waals surface area (Å²) in [6.45, 7) is 3.29. The van der Waals surface area contributed by atoms with E-state index in [1.807, 2.05) is 0 Å². The number of aromatic nitrogens is 3. The first-order chi connectivity index (χ1) is 12.5. The molecule has 0 bridgehead atoms. The van der Waals surface area contributed by atoms with Crippen molar-refractivity contribution >= 4 is 5.91 Å². The first-order valence-corrected chi connectivity index (χ1v) is 7.82. The second-order valence-electron chi connectivity index (χ2n) is 5.67. The number of aromatic amines is 1. The lowest BCUT2D eigenvalue weighted by atomic mass is 10.2. The number of nitrogens with one attached hydrogen (secondary N) is 2. The highest BCUT2D eigenvalue weighted by Crippen LogP contribution is 2.28. The Morgan fingerprint density at radius 1 is 1.23 bits per heavy atom. The number of benzene rings is 1. The maximum Gasteiger partial charge on any atom is 0.255 e. The van der Waals surface area contributed by atoms with Crippen LogP contribution in [-0.4, -0.2) is 21.1 Å². The molecule has 0 atom stereocenters. The summed E-state index contributed by atoms with van der Waals surface area (Å²) in [6, 6.07) is 6.08. The quantitative estimate of drug-likeness (QED) is 0.732. The molecule has 0 fully saturated rings. The molecular weight excluding hydrogens is 342 g/mol. The minimum absolute atomic E-state index is 0.0823. The van der Waals surface area contributed by atoms with Gasteiger partial charge in [0.15, 0.2) is 11.6 Å². The minimum atomic E-state index is -1.08. The number of rotatable bonds is 5. The normalized spacial score (nSPS) is 10.6. The van der Waals surface area contributed by atoms with Crippen molar-refractivity contribution in [1.82, 2.24) is 20.5 Å². The van der Waals surface area contributed by atoms with Gasteiger partial charge in [-0.2, -0.15) is 9.49 Å². The number of halogens is 2. The molecule has 3 rings (SSSR count). The van der Waals surface area contributed by atoms with Gasteiger partial charge in [-0.25, -0.2) is 9.37 Å². The van der Waals surface area contributed by atoms with Crippen LogP contribution >= 0.6 is 0 Å². The van der Waals surface area contributed by atoms with E-state index in [4.69, 9.17) is 4.74 Å². The van der Waals surface area contributed by atoms with Gasteiger partial charge in [0, 0.05) is 24.0 Å². The predicted octanol–water partition coefficient (Wildman–Crippen LogP) is 3.42. The van der Waals surface area contributed by atoms with Gasteiger partial charge in [-0.05, 0) is 31.5 Å². The van der Waals surface area contributed by atoms with Crippen molar-refractivity contribution in [3.05, 3.63) is 70.7 Å². The van der Waals surface area contributed by atoms with Gasteiger partial charge >= 0.3 is 0 Å². The summed E-state index contributed by atoms with van der Waals surface area (Å²) in [7, 11) is 0. The molecule has 0 aliphatic carbocycles. The Morgan fingerprint density at radius 3 is 2.77 bits per heavy atom. The third-order valence-corrected chi connectivity index (χ3v) is 3.81. The summed E-state index contributed by atoms with van der Waals surface area (Å²) in [5.41, 5.74) is 1.76. The molecule has 3 aromatic rings. The molecule has 2 heterocycles. The van der Waals surface area contributed by atoms with Crippen LogP contribution in [0.3, 0.4) is 0 Å². The standard InChI is InChI=1S/C18H16F2N4O2/c1-10-5-6-14(16(20)15(10)19)26-18-12(4-3-7-21-18)8-22-17(25)13-9-23-24-11(13)2/h3-7,9H,8H2,1-2H3,(H,22,25)(H,23,24). The number of hydrogen-bond acceptors (Lipinski definition) is 4. The Labute approximate surface area is 148 Å². The highest BCUT2D eigenvalue weighted by molar-refractivity contribution is 5.94. The van der Waals surface area contributed by atoms with Crippen molar-refractivity contribution in [3.63, 3.8) is 0 Å². The van der Waals surface area contributed by atoms with Gasteiger partial charge in [0.1, 0.15) is 0 Å². The van der Waals surface area contributed by atoms with Crippen LogP contribution in [0.15, 0.2) is 36.7 Å². The molecule has 2 N–H and O–H groups in total. The Balaban J connectivity index is 1.78. The fourth-order valence-corrected chi connectivity index (χ4v) is 2.31. The molecule has 0 spiro atoms. The van der Waals surface area contributed by atoms with Crippen LogP contribution in [0.4, 0.5) is 8.78 Å². The van der Waals surface area contributed by atoms with E-state index >= 15 is 0 Å². The molecule has 0 aliphatic rings. The Morgan fingerprint density at radius 2 is 2.04 bits per heavy atom. The number of carbonyl (C=O) groups excluding carboxylic acids is 1. The minimum Gasteiger partial charge on any atom is -0.435 e. The van der Waals surface area contributed by atoms with E-state index in [9.17, 15) is 13.6 Å². The molecular formula is C18H16F2N4O2. The first kappa shape index (κ1) is 17.5. The van der Waals surface area contributed by atoms with E-state index < -0.39 is 11.6 Å². The predicted molar refractivity (Wildman–Crippen MR) is 89.9 cm³/mol. The van der Waals surface area contributed by atoms with Crippen molar-refractivity contribution in [2.45, 2.75) is 20.4 Å². The third-order valence-electron chi connectivity index (χ3n) is 3.81. The highest BCUT2D eigenvalue weighted by atomic mass is 19.2. The van der Waals surface area contributed by atoms with Crippen molar-refractivity contribution in [3.8, 4) is 11.6 Å². The first-order valence-electron chi connectivity index (χ1n) is 7.82. The molecule has 2 aromatic heterocycles. The fourth-order valence-electron chi connectivity index (χ4n) is 2.31. The third kappa shape index (κ3) is 3.53. The smallest absolute Gasteiger partial charge is 0.255 e. The van der Waals surface area contributed by atoms with Crippen molar-refractivity contribution in [1.29, 1.82) is 0 Å². The van der Waals surface area contributed by atoms with Gasteiger partial charge in [0.05, 0.1) is 11.8 Å². The SMILES string of the molecule is Cc1ccc(Oc2ncccc2CNC(=O)c2cn[nH]c2C)c(F)c1F. The van der Waals surface area contributed by atoms with Gasteiger partial charge in [0.25, 0.3) is 5.91 Å². The van der Waals surface area contributed by atoms with Crippen LogP contribution in [0.5, 0.6) is 11.6 Å². The number of pyridine rings is 1.